The molecule has 0 N–H and O–H groups in total. The summed E-state index contributed by atoms with van der Waals surface area (Å²) < 4.78 is 8.01. The van der Waals surface area contributed by atoms with E-state index >= 15 is 0 Å². The second-order valence-electron chi connectivity index (χ2n) is 10.5. The maximum Gasteiger partial charge on any atom is 0.265 e. The van der Waals surface area contributed by atoms with Crippen molar-refractivity contribution in [1.29, 1.82) is 0 Å². The third-order valence-corrected chi connectivity index (χ3v) is 6.77. The van der Waals surface area contributed by atoms with Gasteiger partial charge in [-0.2, -0.15) is 0 Å². The molecule has 3 heterocycles. The number of imidazole rings is 1. The summed E-state index contributed by atoms with van der Waals surface area (Å²) in [5.74, 6) is 0.0549. The van der Waals surface area contributed by atoms with Gasteiger partial charge < -0.3 is 9.64 Å². The molecule has 0 aliphatic carbocycles. The van der Waals surface area contributed by atoms with Gasteiger partial charge in [-0.05, 0) is 49.9 Å². The molecular weight excluding hydrogens is 408 g/mol. The first-order valence-corrected chi connectivity index (χ1v) is 11.8. The molecule has 7 heteroatoms. The molecule has 1 aliphatic heterocycles. The molecule has 1 atom stereocenters. The monoisotopic (exact) mass is 442 g/mol. The van der Waals surface area contributed by atoms with Crippen LogP contribution in [-0.4, -0.2) is 64.5 Å². The number of hydrogen-bond acceptors (Lipinski definition) is 5. The van der Waals surface area contributed by atoms with Gasteiger partial charge in [0.25, 0.3) is 5.91 Å². The van der Waals surface area contributed by atoms with Gasteiger partial charge in [0.1, 0.15) is 4.88 Å². The van der Waals surface area contributed by atoms with Crippen LogP contribution in [-0.2, 0) is 11.3 Å². The number of hydrogen-bond donors (Lipinski definition) is 0. The SMILES string of the molecule is CN(Cc1ccc2nc3sc(C(=O)N(C)CC(C)(C)C)cn3c2c1)C[C@]1(C)CCCO1. The second-order valence-corrected chi connectivity index (χ2v) is 11.5. The Bertz CT molecular complexity index is 1090. The number of carbonyl (C=O) groups excluding carboxylic acids is 1. The number of aromatic nitrogens is 2. The molecule has 168 valence electrons. The number of ether oxygens (including phenoxy) is 1. The third kappa shape index (κ3) is 4.94. The minimum atomic E-state index is -0.0373. The molecule has 0 bridgehead atoms. The Morgan fingerprint density at radius 3 is 2.77 bits per heavy atom. The topological polar surface area (TPSA) is 50.1 Å². The minimum Gasteiger partial charge on any atom is -0.374 e. The fourth-order valence-electron chi connectivity index (χ4n) is 4.62. The molecule has 6 nitrogen and oxygen atoms in total. The van der Waals surface area contributed by atoms with Crippen LogP contribution in [0.25, 0.3) is 16.0 Å². The molecule has 1 fully saturated rings. The Morgan fingerprint density at radius 2 is 2.10 bits per heavy atom. The highest BCUT2D eigenvalue weighted by molar-refractivity contribution is 7.18. The molecular formula is C24H34N4O2S. The van der Waals surface area contributed by atoms with E-state index in [9.17, 15) is 4.79 Å². The van der Waals surface area contributed by atoms with E-state index in [0.29, 0.717) is 6.54 Å². The highest BCUT2D eigenvalue weighted by atomic mass is 32.1. The van der Waals surface area contributed by atoms with Crippen LogP contribution in [0, 0.1) is 5.41 Å². The first-order valence-electron chi connectivity index (χ1n) is 11.0. The Kier molecular flexibility index (Phi) is 5.87. The maximum absolute atomic E-state index is 12.9. The van der Waals surface area contributed by atoms with E-state index in [1.165, 1.54) is 16.9 Å². The molecule has 2 aromatic heterocycles. The van der Waals surface area contributed by atoms with E-state index in [2.05, 4.69) is 62.2 Å². The normalized spacial score (nSPS) is 19.7. The lowest BCUT2D eigenvalue weighted by atomic mass is 9.96. The highest BCUT2D eigenvalue weighted by Gasteiger charge is 2.31. The van der Waals surface area contributed by atoms with E-state index in [0.717, 1.165) is 53.4 Å². The zero-order valence-corrected chi connectivity index (χ0v) is 20.4. The first kappa shape index (κ1) is 22.2. The molecule has 1 aliphatic rings. The van der Waals surface area contributed by atoms with Gasteiger partial charge in [0.15, 0.2) is 4.96 Å². The number of rotatable bonds is 6. The number of amides is 1. The molecule has 1 aromatic carbocycles. The van der Waals surface area contributed by atoms with Crippen LogP contribution < -0.4 is 0 Å². The predicted molar refractivity (Wildman–Crippen MR) is 127 cm³/mol. The lowest BCUT2D eigenvalue weighted by Gasteiger charge is -2.29. The summed E-state index contributed by atoms with van der Waals surface area (Å²) >= 11 is 1.46. The highest BCUT2D eigenvalue weighted by Crippen LogP contribution is 2.28. The number of carbonyl (C=O) groups is 1. The fraction of sp³-hybridized carbons (Fsp3) is 0.583. The average Bonchev–Trinajstić information content (AvgIpc) is 3.34. The van der Waals surface area contributed by atoms with E-state index in [1.807, 2.05) is 13.2 Å². The Labute approximate surface area is 188 Å². The van der Waals surface area contributed by atoms with Crippen LogP contribution in [0.4, 0.5) is 0 Å². The van der Waals surface area contributed by atoms with Gasteiger partial charge in [0, 0.05) is 39.5 Å². The van der Waals surface area contributed by atoms with Crippen molar-refractivity contribution in [3.05, 3.63) is 34.8 Å². The second kappa shape index (κ2) is 8.19. The summed E-state index contributed by atoms with van der Waals surface area (Å²) in [4.78, 5) is 23.4. The molecule has 3 aromatic rings. The largest absolute Gasteiger partial charge is 0.374 e. The molecule has 0 spiro atoms. The summed E-state index contributed by atoms with van der Waals surface area (Å²) in [6.45, 7) is 12.0. The van der Waals surface area contributed by atoms with Crippen molar-refractivity contribution in [1.82, 2.24) is 19.2 Å². The van der Waals surface area contributed by atoms with Crippen LogP contribution in [0.2, 0.25) is 0 Å². The van der Waals surface area contributed by atoms with Gasteiger partial charge in [-0.1, -0.05) is 38.2 Å². The number of benzene rings is 1. The molecule has 0 saturated carbocycles. The lowest BCUT2D eigenvalue weighted by molar-refractivity contribution is -0.00496. The van der Waals surface area contributed by atoms with Crippen LogP contribution in [0.15, 0.2) is 24.4 Å². The van der Waals surface area contributed by atoms with E-state index in [-0.39, 0.29) is 16.9 Å². The number of nitrogens with zero attached hydrogens (tertiary/aromatic N) is 4. The maximum atomic E-state index is 12.9. The standard InChI is InChI=1S/C24H34N4O2S/c1-23(2,3)15-27(6)21(29)20-14-28-19-12-17(8-9-18(19)25-22(28)31-20)13-26(5)16-24(4)10-7-11-30-24/h8-9,12,14H,7,10-11,13,15-16H2,1-6H3/t24-/m0/s1. The molecule has 31 heavy (non-hydrogen) atoms. The van der Waals surface area contributed by atoms with E-state index in [4.69, 9.17) is 9.72 Å². The van der Waals surface area contributed by atoms with Crippen LogP contribution >= 0.6 is 11.3 Å². The summed E-state index contributed by atoms with van der Waals surface area (Å²) in [6, 6.07) is 6.43. The quantitative estimate of drug-likeness (QED) is 0.557. The number of likely N-dealkylation sites (N-methyl/N-ethyl adjacent to an activating group) is 1. The predicted octanol–water partition coefficient (Wildman–Crippen LogP) is 4.67. The summed E-state index contributed by atoms with van der Waals surface area (Å²) in [6.07, 6.45) is 4.21. The molecule has 0 radical (unpaired) electrons. The number of fused-ring (bicyclic) bond motifs is 3. The van der Waals surface area contributed by atoms with E-state index < -0.39 is 0 Å². The van der Waals surface area contributed by atoms with Gasteiger partial charge in [-0.3, -0.25) is 14.1 Å². The number of thiazole rings is 1. The van der Waals surface area contributed by atoms with Crippen molar-refractivity contribution in [3.8, 4) is 0 Å². The van der Waals surface area contributed by atoms with E-state index in [1.54, 1.807) is 4.90 Å². The lowest BCUT2D eigenvalue weighted by Crippen LogP contribution is -2.38. The van der Waals surface area contributed by atoms with Gasteiger partial charge >= 0.3 is 0 Å². The third-order valence-electron chi connectivity index (χ3n) is 5.80. The molecule has 0 unspecified atom stereocenters. The smallest absolute Gasteiger partial charge is 0.265 e. The summed E-state index contributed by atoms with van der Waals surface area (Å²) in [5, 5.41) is 0. The zero-order valence-electron chi connectivity index (χ0n) is 19.6. The zero-order chi connectivity index (χ0) is 22.4. The first-order chi connectivity index (χ1) is 14.5. The Balaban J connectivity index is 1.54. The Hall–Kier alpha value is -1.96. The van der Waals surface area contributed by atoms with Crippen LogP contribution in [0.3, 0.4) is 0 Å². The van der Waals surface area contributed by atoms with Crippen molar-refractivity contribution >= 4 is 33.2 Å². The van der Waals surface area contributed by atoms with Crippen molar-refractivity contribution < 1.29 is 9.53 Å². The summed E-state index contributed by atoms with van der Waals surface area (Å²) in [7, 11) is 4.02. The van der Waals surface area contributed by atoms with Crippen molar-refractivity contribution in [2.24, 2.45) is 5.41 Å². The minimum absolute atomic E-state index is 0.0373. The molecule has 1 saturated heterocycles. The fourth-order valence-corrected chi connectivity index (χ4v) is 5.62. The molecule has 1 amide bonds. The average molecular weight is 443 g/mol. The Morgan fingerprint density at radius 1 is 1.32 bits per heavy atom. The van der Waals surface area contributed by atoms with Gasteiger partial charge in [0.2, 0.25) is 0 Å². The van der Waals surface area contributed by atoms with Crippen LogP contribution in [0.1, 0.15) is 55.8 Å². The van der Waals surface area contributed by atoms with Crippen LogP contribution in [0.5, 0.6) is 0 Å². The molecule has 4 rings (SSSR count). The summed E-state index contributed by atoms with van der Waals surface area (Å²) in [5.41, 5.74) is 3.28. The van der Waals surface area contributed by atoms with Gasteiger partial charge in [0.05, 0.1) is 16.6 Å². The van der Waals surface area contributed by atoms with Gasteiger partial charge in [-0.15, -0.1) is 0 Å². The van der Waals surface area contributed by atoms with Crippen molar-refractivity contribution in [2.75, 3.05) is 33.8 Å². The van der Waals surface area contributed by atoms with Gasteiger partial charge in [-0.25, -0.2) is 4.98 Å². The van der Waals surface area contributed by atoms with Crippen molar-refractivity contribution in [3.63, 3.8) is 0 Å². The van der Waals surface area contributed by atoms with Crippen molar-refractivity contribution in [2.45, 2.75) is 52.7 Å².